The Morgan fingerprint density at radius 3 is 2.71 bits per heavy atom. The molecule has 1 aliphatic heterocycles. The van der Waals surface area contributed by atoms with Crippen LogP contribution >= 0.6 is 12.4 Å². The minimum atomic E-state index is -0.456. The van der Waals surface area contributed by atoms with Crippen molar-refractivity contribution in [1.82, 2.24) is 9.88 Å². The van der Waals surface area contributed by atoms with Gasteiger partial charge in [-0.05, 0) is 73.8 Å². The number of nitrogens with one attached hydrogen (secondary N) is 1. The second-order valence-electron chi connectivity index (χ2n) is 8.80. The van der Waals surface area contributed by atoms with E-state index in [0.717, 1.165) is 68.6 Å². The van der Waals surface area contributed by atoms with Crippen molar-refractivity contribution >= 4 is 45.9 Å². The number of aryl methyl sites for hydroxylation is 1. The monoisotopic (exact) mass is 492 g/mol. The van der Waals surface area contributed by atoms with E-state index < -0.39 is 5.97 Å². The summed E-state index contributed by atoms with van der Waals surface area (Å²) in [4.78, 5) is 20.0. The minimum absolute atomic E-state index is 0. The fourth-order valence-corrected chi connectivity index (χ4v) is 4.76. The molecular formula is C27H29ClN4O3. The summed E-state index contributed by atoms with van der Waals surface area (Å²) in [5, 5.41) is 11.2. The Labute approximate surface area is 210 Å². The largest absolute Gasteiger partial charge is 0.463 e. The van der Waals surface area contributed by atoms with Crippen molar-refractivity contribution in [3.63, 3.8) is 0 Å². The molecule has 0 saturated carbocycles. The van der Waals surface area contributed by atoms with Gasteiger partial charge < -0.3 is 19.0 Å². The Kier molecular flexibility index (Phi) is 7.64. The number of unbranched alkanes of at least 4 members (excludes halogenated alkanes) is 1. The summed E-state index contributed by atoms with van der Waals surface area (Å²) in [6.07, 6.45) is 5.38. The van der Waals surface area contributed by atoms with Crippen LogP contribution in [0.25, 0.3) is 21.9 Å². The number of aromatic nitrogens is 1. The van der Waals surface area contributed by atoms with Crippen LogP contribution in [0.3, 0.4) is 0 Å². The summed E-state index contributed by atoms with van der Waals surface area (Å²) in [6, 6.07) is 15.9. The Balaban J connectivity index is 0.00000289. The van der Waals surface area contributed by atoms with Crippen LogP contribution in [0.15, 0.2) is 53.1 Å². The lowest BCUT2D eigenvalue weighted by Crippen LogP contribution is -2.46. The van der Waals surface area contributed by atoms with Gasteiger partial charge in [0.2, 0.25) is 5.76 Å². The van der Waals surface area contributed by atoms with Crippen molar-refractivity contribution in [2.75, 3.05) is 44.7 Å². The second kappa shape index (κ2) is 10.9. The fraction of sp³-hybridized carbons (Fsp3) is 0.333. The molecule has 7 nitrogen and oxygen atoms in total. The average Bonchev–Trinajstić information content (AvgIpc) is 3.49. The van der Waals surface area contributed by atoms with Crippen molar-refractivity contribution in [3.8, 4) is 6.07 Å². The van der Waals surface area contributed by atoms with Crippen LogP contribution < -0.4 is 4.90 Å². The lowest BCUT2D eigenvalue weighted by molar-refractivity contribution is 0.0567. The van der Waals surface area contributed by atoms with Gasteiger partial charge in [0.1, 0.15) is 5.58 Å². The first kappa shape index (κ1) is 24.6. The van der Waals surface area contributed by atoms with Gasteiger partial charge in [-0.3, -0.25) is 4.90 Å². The van der Waals surface area contributed by atoms with E-state index in [-0.39, 0.29) is 18.2 Å². The summed E-state index contributed by atoms with van der Waals surface area (Å²) < 4.78 is 10.3. The van der Waals surface area contributed by atoms with Gasteiger partial charge in [-0.2, -0.15) is 5.26 Å². The Morgan fingerprint density at radius 2 is 1.94 bits per heavy atom. The summed E-state index contributed by atoms with van der Waals surface area (Å²) in [6.45, 7) is 5.13. The number of rotatable bonds is 7. The lowest BCUT2D eigenvalue weighted by atomic mass is 10.1. The number of nitriles is 1. The maximum absolute atomic E-state index is 11.7. The molecule has 0 unspecified atom stereocenters. The number of fused-ring (bicyclic) bond motifs is 2. The summed E-state index contributed by atoms with van der Waals surface area (Å²) in [5.74, 6) is -0.222. The third-order valence-electron chi connectivity index (χ3n) is 6.69. The van der Waals surface area contributed by atoms with Crippen LogP contribution in [-0.2, 0) is 11.2 Å². The number of nitrogens with zero attached hydrogens (tertiary/aromatic N) is 3. The average molecular weight is 493 g/mol. The molecule has 0 radical (unpaired) electrons. The molecule has 1 N–H and O–H groups in total. The highest BCUT2D eigenvalue weighted by Crippen LogP contribution is 2.27. The fourth-order valence-electron chi connectivity index (χ4n) is 4.76. The maximum atomic E-state index is 11.7. The predicted octanol–water partition coefficient (Wildman–Crippen LogP) is 5.14. The van der Waals surface area contributed by atoms with Gasteiger partial charge in [0, 0.05) is 54.4 Å². The Hall–Kier alpha value is -3.47. The smallest absolute Gasteiger partial charge is 0.373 e. The number of carbonyl (C=O) groups is 1. The molecule has 1 aliphatic rings. The van der Waals surface area contributed by atoms with Crippen LogP contribution in [-0.4, -0.2) is 55.7 Å². The molecule has 4 aromatic rings. The molecule has 5 rings (SSSR count). The molecule has 0 aliphatic carbocycles. The highest BCUT2D eigenvalue weighted by Gasteiger charge is 2.19. The van der Waals surface area contributed by atoms with Gasteiger partial charge in [0.05, 0.1) is 18.7 Å². The van der Waals surface area contributed by atoms with Crippen molar-refractivity contribution < 1.29 is 13.9 Å². The molecule has 1 fully saturated rings. The van der Waals surface area contributed by atoms with Crippen molar-refractivity contribution in [2.24, 2.45) is 0 Å². The molecule has 0 spiro atoms. The number of aromatic amines is 1. The highest BCUT2D eigenvalue weighted by atomic mass is 35.5. The SMILES string of the molecule is COC(=O)c1cc2cc(N3CCN(CCCCc4c[nH]c5ccc(C#N)cc45)CC3)ccc2o1.Cl. The van der Waals surface area contributed by atoms with E-state index in [2.05, 4.69) is 39.2 Å². The van der Waals surface area contributed by atoms with Crippen molar-refractivity contribution in [1.29, 1.82) is 5.26 Å². The second-order valence-corrected chi connectivity index (χ2v) is 8.80. The number of ether oxygens (including phenoxy) is 1. The third-order valence-corrected chi connectivity index (χ3v) is 6.69. The summed E-state index contributed by atoms with van der Waals surface area (Å²) >= 11 is 0. The van der Waals surface area contributed by atoms with Crippen LogP contribution in [0.5, 0.6) is 0 Å². The van der Waals surface area contributed by atoms with E-state index in [1.54, 1.807) is 6.07 Å². The highest BCUT2D eigenvalue weighted by molar-refractivity contribution is 5.93. The van der Waals surface area contributed by atoms with Gasteiger partial charge in [-0.1, -0.05) is 0 Å². The normalized spacial score (nSPS) is 14.1. The topological polar surface area (TPSA) is 85.5 Å². The Bertz CT molecular complexity index is 1360. The number of H-pyrrole nitrogens is 1. The number of piperazine rings is 1. The number of benzene rings is 2. The van der Waals surface area contributed by atoms with Crippen molar-refractivity contribution in [2.45, 2.75) is 19.3 Å². The molecule has 35 heavy (non-hydrogen) atoms. The molecule has 1 saturated heterocycles. The maximum Gasteiger partial charge on any atom is 0.373 e. The summed E-state index contributed by atoms with van der Waals surface area (Å²) in [5.41, 5.74) is 4.95. The molecule has 0 amide bonds. The number of halogens is 1. The van der Waals surface area contributed by atoms with E-state index in [9.17, 15) is 4.79 Å². The number of methoxy groups -OCH3 is 1. The van der Waals surface area contributed by atoms with E-state index in [1.807, 2.05) is 24.3 Å². The molecule has 3 heterocycles. The molecular weight excluding hydrogens is 464 g/mol. The van der Waals surface area contributed by atoms with Crippen LogP contribution in [0.2, 0.25) is 0 Å². The zero-order chi connectivity index (χ0) is 23.5. The zero-order valence-electron chi connectivity index (χ0n) is 19.8. The Morgan fingerprint density at radius 1 is 1.11 bits per heavy atom. The molecule has 182 valence electrons. The number of furan rings is 1. The first-order valence-corrected chi connectivity index (χ1v) is 11.7. The van der Waals surface area contributed by atoms with E-state index in [4.69, 9.17) is 14.4 Å². The van der Waals surface area contributed by atoms with Gasteiger partial charge in [-0.25, -0.2) is 4.79 Å². The minimum Gasteiger partial charge on any atom is -0.463 e. The molecule has 8 heteroatoms. The standard InChI is InChI=1S/C27H28N4O3.ClH/c1-33-27(32)26-16-21-15-22(6-8-25(21)34-26)31-12-10-30(11-13-31)9-3-2-4-20-18-29-24-7-5-19(17-28)14-23(20)24;/h5-8,14-16,18,29H,2-4,9-13H2,1H3;1H. The number of hydrogen-bond donors (Lipinski definition) is 1. The van der Waals surface area contributed by atoms with Crippen LogP contribution in [0.1, 0.15) is 34.5 Å². The van der Waals surface area contributed by atoms with Gasteiger partial charge in [0.15, 0.2) is 0 Å². The first-order chi connectivity index (χ1) is 16.6. The van der Waals surface area contributed by atoms with Gasteiger partial charge in [0.25, 0.3) is 0 Å². The van der Waals surface area contributed by atoms with E-state index in [1.165, 1.54) is 18.1 Å². The number of carbonyl (C=O) groups excluding carboxylic acids is 1. The number of esters is 1. The molecule has 0 bridgehead atoms. The van der Waals surface area contributed by atoms with E-state index in [0.29, 0.717) is 11.1 Å². The third kappa shape index (κ3) is 5.29. The zero-order valence-corrected chi connectivity index (χ0v) is 20.6. The van der Waals surface area contributed by atoms with E-state index >= 15 is 0 Å². The van der Waals surface area contributed by atoms with Gasteiger partial charge in [-0.15, -0.1) is 12.4 Å². The molecule has 2 aromatic heterocycles. The lowest BCUT2D eigenvalue weighted by Gasteiger charge is -2.36. The summed E-state index contributed by atoms with van der Waals surface area (Å²) in [7, 11) is 1.36. The molecule has 0 atom stereocenters. The predicted molar refractivity (Wildman–Crippen MR) is 139 cm³/mol. The van der Waals surface area contributed by atoms with Crippen LogP contribution in [0.4, 0.5) is 5.69 Å². The quantitative estimate of drug-likeness (QED) is 0.284. The van der Waals surface area contributed by atoms with Gasteiger partial charge >= 0.3 is 5.97 Å². The first-order valence-electron chi connectivity index (χ1n) is 11.7. The number of anilines is 1. The molecule has 2 aromatic carbocycles. The van der Waals surface area contributed by atoms with Crippen LogP contribution in [0, 0.1) is 11.3 Å². The van der Waals surface area contributed by atoms with Crippen molar-refractivity contribution in [3.05, 3.63) is 65.5 Å². The number of hydrogen-bond acceptors (Lipinski definition) is 6.